The first-order valence-electron chi connectivity index (χ1n) is 9.12. The van der Waals surface area contributed by atoms with Crippen molar-refractivity contribution < 1.29 is 4.79 Å². The topological polar surface area (TPSA) is 56.7 Å². The first-order valence-corrected chi connectivity index (χ1v) is 9.12. The van der Waals surface area contributed by atoms with Gasteiger partial charge in [0.25, 0.3) is 0 Å². The standard InChI is InChI=1S/C17H32N4O/c1-2-18-17(20-15-9-5-6-10-15)19-12-8-14-21-13-7-3-4-11-16(21)22/h15H,2-14H2,1H3,(H2,18,19,20). The van der Waals surface area contributed by atoms with Gasteiger partial charge in [-0.15, -0.1) is 0 Å². The largest absolute Gasteiger partial charge is 0.357 e. The lowest BCUT2D eigenvalue weighted by Gasteiger charge is -2.20. The van der Waals surface area contributed by atoms with Gasteiger partial charge in [0, 0.05) is 38.6 Å². The minimum Gasteiger partial charge on any atom is -0.357 e. The van der Waals surface area contributed by atoms with Gasteiger partial charge >= 0.3 is 0 Å². The van der Waals surface area contributed by atoms with Gasteiger partial charge in [-0.1, -0.05) is 19.3 Å². The molecule has 5 heteroatoms. The van der Waals surface area contributed by atoms with Crippen LogP contribution in [0.5, 0.6) is 0 Å². The summed E-state index contributed by atoms with van der Waals surface area (Å²) in [6.07, 6.45) is 10.3. The van der Waals surface area contributed by atoms with Gasteiger partial charge in [-0.25, -0.2) is 0 Å². The Morgan fingerprint density at radius 3 is 2.82 bits per heavy atom. The smallest absolute Gasteiger partial charge is 0.222 e. The van der Waals surface area contributed by atoms with E-state index >= 15 is 0 Å². The van der Waals surface area contributed by atoms with Gasteiger partial charge in [-0.3, -0.25) is 9.79 Å². The fraction of sp³-hybridized carbons (Fsp3) is 0.882. The Morgan fingerprint density at radius 2 is 2.05 bits per heavy atom. The zero-order valence-corrected chi connectivity index (χ0v) is 14.1. The second-order valence-electron chi connectivity index (χ2n) is 6.43. The van der Waals surface area contributed by atoms with E-state index in [1.807, 2.05) is 4.90 Å². The molecule has 1 aliphatic heterocycles. The molecule has 126 valence electrons. The minimum absolute atomic E-state index is 0.331. The molecule has 2 rings (SSSR count). The average Bonchev–Trinajstić information content (AvgIpc) is 2.93. The summed E-state index contributed by atoms with van der Waals surface area (Å²) in [6.45, 7) is 5.56. The van der Waals surface area contributed by atoms with Gasteiger partial charge < -0.3 is 15.5 Å². The number of rotatable bonds is 6. The minimum atomic E-state index is 0.331. The summed E-state index contributed by atoms with van der Waals surface area (Å²) in [6, 6.07) is 0.588. The van der Waals surface area contributed by atoms with Crippen molar-refractivity contribution in [2.45, 2.75) is 70.8 Å². The lowest BCUT2D eigenvalue weighted by atomic mass is 10.2. The molecule has 5 nitrogen and oxygen atoms in total. The normalized spacial score (nSPS) is 21.0. The van der Waals surface area contributed by atoms with Crippen LogP contribution < -0.4 is 10.6 Å². The number of guanidine groups is 1. The highest BCUT2D eigenvalue weighted by Crippen LogP contribution is 2.17. The molecule has 1 aliphatic carbocycles. The molecule has 0 atom stereocenters. The zero-order chi connectivity index (χ0) is 15.6. The summed E-state index contributed by atoms with van der Waals surface area (Å²) < 4.78 is 0. The van der Waals surface area contributed by atoms with E-state index < -0.39 is 0 Å². The molecule has 0 aromatic heterocycles. The molecular weight excluding hydrogens is 276 g/mol. The lowest BCUT2D eigenvalue weighted by Crippen LogP contribution is -2.42. The summed E-state index contributed by atoms with van der Waals surface area (Å²) in [5, 5.41) is 6.86. The molecule has 22 heavy (non-hydrogen) atoms. The van der Waals surface area contributed by atoms with E-state index in [0.29, 0.717) is 11.9 Å². The number of carbonyl (C=O) groups is 1. The van der Waals surface area contributed by atoms with Crippen molar-refractivity contribution in [3.63, 3.8) is 0 Å². The van der Waals surface area contributed by atoms with Gasteiger partial charge in [0.2, 0.25) is 5.91 Å². The van der Waals surface area contributed by atoms with E-state index in [4.69, 9.17) is 0 Å². The van der Waals surface area contributed by atoms with Gasteiger partial charge in [-0.2, -0.15) is 0 Å². The second kappa shape index (κ2) is 9.70. The maximum Gasteiger partial charge on any atom is 0.222 e. The third-order valence-electron chi connectivity index (χ3n) is 4.57. The number of amides is 1. The van der Waals surface area contributed by atoms with Gasteiger partial charge in [0.05, 0.1) is 0 Å². The van der Waals surface area contributed by atoms with Crippen LogP contribution in [-0.2, 0) is 4.79 Å². The summed E-state index contributed by atoms with van der Waals surface area (Å²) in [4.78, 5) is 18.6. The predicted octanol–water partition coefficient (Wildman–Crippen LogP) is 2.28. The average molecular weight is 308 g/mol. The van der Waals surface area contributed by atoms with E-state index in [9.17, 15) is 4.79 Å². The highest BCUT2D eigenvalue weighted by molar-refractivity contribution is 5.80. The van der Waals surface area contributed by atoms with Crippen molar-refractivity contribution in [3.05, 3.63) is 0 Å². The van der Waals surface area contributed by atoms with Crippen LogP contribution >= 0.6 is 0 Å². The van der Waals surface area contributed by atoms with Crippen LogP contribution in [0.4, 0.5) is 0 Å². The molecule has 0 aromatic rings. The molecule has 2 N–H and O–H groups in total. The number of aliphatic imine (C=N–C) groups is 1. The predicted molar refractivity (Wildman–Crippen MR) is 91.0 cm³/mol. The van der Waals surface area contributed by atoms with Gasteiger partial charge in [-0.05, 0) is 39.0 Å². The van der Waals surface area contributed by atoms with Crippen molar-refractivity contribution in [1.29, 1.82) is 0 Å². The highest BCUT2D eigenvalue weighted by atomic mass is 16.2. The number of carbonyl (C=O) groups excluding carboxylic acids is 1. The van der Waals surface area contributed by atoms with Crippen LogP contribution in [0.25, 0.3) is 0 Å². The first kappa shape index (κ1) is 17.1. The summed E-state index contributed by atoms with van der Waals surface area (Å²) in [5.41, 5.74) is 0. The number of nitrogens with zero attached hydrogens (tertiary/aromatic N) is 2. The zero-order valence-electron chi connectivity index (χ0n) is 14.1. The Hall–Kier alpha value is -1.26. The molecule has 2 aliphatic rings. The van der Waals surface area contributed by atoms with E-state index in [0.717, 1.165) is 57.8 Å². The lowest BCUT2D eigenvalue weighted by molar-refractivity contribution is -0.130. The van der Waals surface area contributed by atoms with Crippen LogP contribution in [0.3, 0.4) is 0 Å². The Labute approximate surface area is 134 Å². The number of hydrogen-bond acceptors (Lipinski definition) is 2. The molecule has 0 unspecified atom stereocenters. The van der Waals surface area contributed by atoms with E-state index in [2.05, 4.69) is 22.5 Å². The van der Waals surface area contributed by atoms with E-state index in [-0.39, 0.29) is 0 Å². The SMILES string of the molecule is CCNC(=NCCCN1CCCCCC1=O)NC1CCCC1. The van der Waals surface area contributed by atoms with Crippen molar-refractivity contribution in [2.24, 2.45) is 4.99 Å². The van der Waals surface area contributed by atoms with Crippen molar-refractivity contribution in [3.8, 4) is 0 Å². The summed E-state index contributed by atoms with van der Waals surface area (Å²) >= 11 is 0. The molecule has 1 saturated carbocycles. The van der Waals surface area contributed by atoms with Crippen LogP contribution in [0, 0.1) is 0 Å². The van der Waals surface area contributed by atoms with Crippen LogP contribution in [-0.4, -0.2) is 49.0 Å². The second-order valence-corrected chi connectivity index (χ2v) is 6.43. The molecule has 2 fully saturated rings. The first-order chi connectivity index (χ1) is 10.8. The monoisotopic (exact) mass is 308 g/mol. The van der Waals surface area contributed by atoms with Crippen LogP contribution in [0.15, 0.2) is 4.99 Å². The number of likely N-dealkylation sites (tertiary alicyclic amines) is 1. The number of hydrogen-bond donors (Lipinski definition) is 2. The number of nitrogens with one attached hydrogen (secondary N) is 2. The van der Waals surface area contributed by atoms with E-state index in [1.165, 1.54) is 32.1 Å². The Balaban J connectivity index is 1.71. The molecule has 0 bridgehead atoms. The fourth-order valence-corrected chi connectivity index (χ4v) is 3.31. The maximum absolute atomic E-state index is 11.9. The maximum atomic E-state index is 11.9. The van der Waals surface area contributed by atoms with E-state index in [1.54, 1.807) is 0 Å². The Morgan fingerprint density at radius 1 is 1.23 bits per heavy atom. The quantitative estimate of drug-likeness (QED) is 0.450. The van der Waals surface area contributed by atoms with Crippen molar-refractivity contribution in [2.75, 3.05) is 26.2 Å². The molecule has 0 aromatic carbocycles. The molecule has 1 amide bonds. The van der Waals surface area contributed by atoms with Crippen LogP contribution in [0.2, 0.25) is 0 Å². The van der Waals surface area contributed by atoms with Gasteiger partial charge in [0.1, 0.15) is 0 Å². The highest BCUT2D eigenvalue weighted by Gasteiger charge is 2.17. The molecule has 1 heterocycles. The third-order valence-corrected chi connectivity index (χ3v) is 4.57. The van der Waals surface area contributed by atoms with Crippen molar-refractivity contribution >= 4 is 11.9 Å². The fourth-order valence-electron chi connectivity index (χ4n) is 3.31. The summed E-state index contributed by atoms with van der Waals surface area (Å²) in [7, 11) is 0. The molecule has 0 radical (unpaired) electrons. The third kappa shape index (κ3) is 5.85. The Kier molecular flexibility index (Phi) is 7.54. The van der Waals surface area contributed by atoms with Crippen LogP contribution in [0.1, 0.15) is 64.7 Å². The molecular formula is C17H32N4O. The molecule has 1 saturated heterocycles. The van der Waals surface area contributed by atoms with Crippen molar-refractivity contribution in [1.82, 2.24) is 15.5 Å². The Bertz CT molecular complexity index is 364. The van der Waals surface area contributed by atoms with Gasteiger partial charge in [0.15, 0.2) is 5.96 Å². The summed E-state index contributed by atoms with van der Waals surface area (Å²) in [5.74, 6) is 1.27. The molecule has 0 spiro atoms.